The number of hydrogen-bond donors (Lipinski definition) is 2. The van der Waals surface area contributed by atoms with Crippen LogP contribution in [-0.2, 0) is 19.6 Å². The van der Waals surface area contributed by atoms with Crippen LogP contribution in [0.15, 0.2) is 9.32 Å². The lowest BCUT2D eigenvalue weighted by Crippen LogP contribution is -2.45. The predicted octanol–water partition coefficient (Wildman–Crippen LogP) is 0.761. The van der Waals surface area contributed by atoms with Crippen LogP contribution in [0.3, 0.4) is 0 Å². The zero-order chi connectivity index (χ0) is 19.0. The lowest BCUT2D eigenvalue weighted by Gasteiger charge is -2.33. The van der Waals surface area contributed by atoms with E-state index in [-0.39, 0.29) is 12.1 Å². The fourth-order valence-electron chi connectivity index (χ4n) is 3.33. The Bertz CT molecular complexity index is 1000. The normalized spacial score (nSPS) is 16.4. The third-order valence-corrected chi connectivity index (χ3v) is 6.08. The molecule has 0 aromatic carbocycles. The monoisotopic (exact) mass is 389 g/mol. The smallest absolute Gasteiger partial charge is 0.259 e. The van der Waals surface area contributed by atoms with Crippen LogP contribution in [0.2, 0.25) is 0 Å². The minimum Gasteiger partial charge on any atom is -0.338 e. The molecule has 144 valence electrons. The minimum atomic E-state index is -0.0386. The maximum absolute atomic E-state index is 12.4. The Balaban J connectivity index is 1.37. The molecule has 3 aromatic rings. The summed E-state index contributed by atoms with van der Waals surface area (Å²) in [5.74, 6) is 1.87. The molecule has 1 fully saturated rings. The van der Waals surface area contributed by atoms with Crippen molar-refractivity contribution in [1.82, 2.24) is 29.9 Å². The molecule has 0 aliphatic carbocycles. The van der Waals surface area contributed by atoms with Gasteiger partial charge in [-0.1, -0.05) is 5.16 Å². The van der Waals surface area contributed by atoms with Crippen LogP contribution in [0.25, 0.3) is 10.2 Å². The van der Waals surface area contributed by atoms with Gasteiger partial charge < -0.3 is 15.2 Å². The van der Waals surface area contributed by atoms with E-state index in [1.165, 1.54) is 0 Å². The van der Waals surface area contributed by atoms with Crippen LogP contribution >= 0.6 is 11.3 Å². The van der Waals surface area contributed by atoms with E-state index in [1.54, 1.807) is 11.3 Å². The molecule has 0 spiro atoms. The van der Waals surface area contributed by atoms with Crippen LogP contribution in [0.4, 0.5) is 0 Å². The topological polar surface area (TPSA) is 117 Å². The van der Waals surface area contributed by atoms with Crippen LogP contribution in [0.5, 0.6) is 0 Å². The second-order valence-corrected chi connectivity index (χ2v) is 8.04. The highest BCUT2D eigenvalue weighted by atomic mass is 32.1. The number of piperazine rings is 1. The summed E-state index contributed by atoms with van der Waals surface area (Å²) in [5, 5.41) is 4.67. The highest BCUT2D eigenvalue weighted by Gasteiger charge is 2.20. The average Bonchev–Trinajstić information content (AvgIpc) is 3.21. The van der Waals surface area contributed by atoms with E-state index < -0.39 is 0 Å². The Labute approximate surface area is 160 Å². The number of fused-ring (bicyclic) bond motifs is 1. The molecule has 0 unspecified atom stereocenters. The lowest BCUT2D eigenvalue weighted by atomic mass is 10.2. The number of aryl methyl sites for hydroxylation is 2. The van der Waals surface area contributed by atoms with Crippen molar-refractivity contribution >= 4 is 21.6 Å². The molecule has 1 aliphatic heterocycles. The number of aromatic nitrogens is 4. The average molecular weight is 389 g/mol. The van der Waals surface area contributed by atoms with E-state index in [9.17, 15) is 4.79 Å². The molecular weight excluding hydrogens is 366 g/mol. The van der Waals surface area contributed by atoms with Gasteiger partial charge in [0.1, 0.15) is 10.7 Å². The number of H-pyrrole nitrogens is 1. The number of hydrogen-bond acceptors (Lipinski definition) is 9. The van der Waals surface area contributed by atoms with Crippen LogP contribution in [-0.4, -0.2) is 56.1 Å². The van der Waals surface area contributed by atoms with Crippen molar-refractivity contribution in [2.45, 2.75) is 33.5 Å². The van der Waals surface area contributed by atoms with E-state index in [4.69, 9.17) is 10.3 Å². The minimum absolute atomic E-state index is 0.0386. The molecule has 0 atom stereocenters. The Morgan fingerprint density at radius 1 is 1.15 bits per heavy atom. The highest BCUT2D eigenvalue weighted by Crippen LogP contribution is 2.25. The first kappa shape index (κ1) is 18.2. The van der Waals surface area contributed by atoms with Crippen molar-refractivity contribution in [3.8, 4) is 0 Å². The summed E-state index contributed by atoms with van der Waals surface area (Å²) < 4.78 is 5.05. The van der Waals surface area contributed by atoms with Gasteiger partial charge in [0.05, 0.1) is 25.0 Å². The maximum Gasteiger partial charge on any atom is 0.259 e. The predicted molar refractivity (Wildman–Crippen MR) is 102 cm³/mol. The number of nitrogens with two attached hydrogens (primary N) is 1. The summed E-state index contributed by atoms with van der Waals surface area (Å²) in [4.78, 5) is 30.8. The number of thiophene rings is 1. The van der Waals surface area contributed by atoms with Gasteiger partial charge in [-0.3, -0.25) is 14.6 Å². The molecule has 4 heterocycles. The number of nitrogens with one attached hydrogen (secondary N) is 1. The fourth-order valence-corrected chi connectivity index (χ4v) is 4.38. The molecule has 3 N–H and O–H groups in total. The van der Waals surface area contributed by atoms with Gasteiger partial charge in [-0.15, -0.1) is 11.3 Å². The second-order valence-electron chi connectivity index (χ2n) is 6.84. The largest absolute Gasteiger partial charge is 0.338 e. The molecule has 10 heteroatoms. The van der Waals surface area contributed by atoms with Crippen LogP contribution in [0, 0.1) is 13.8 Å². The van der Waals surface area contributed by atoms with E-state index in [0.717, 1.165) is 52.7 Å². The van der Waals surface area contributed by atoms with Crippen molar-refractivity contribution < 1.29 is 4.52 Å². The molecule has 1 saturated heterocycles. The van der Waals surface area contributed by atoms with Gasteiger partial charge in [-0.05, 0) is 19.4 Å². The summed E-state index contributed by atoms with van der Waals surface area (Å²) >= 11 is 1.59. The first-order chi connectivity index (χ1) is 13.0. The van der Waals surface area contributed by atoms with Gasteiger partial charge in [0, 0.05) is 31.1 Å². The van der Waals surface area contributed by atoms with Gasteiger partial charge in [-0.25, -0.2) is 4.98 Å². The van der Waals surface area contributed by atoms with Gasteiger partial charge in [0.15, 0.2) is 5.82 Å². The number of rotatable bonds is 5. The van der Waals surface area contributed by atoms with Crippen LogP contribution in [0.1, 0.15) is 28.0 Å². The van der Waals surface area contributed by atoms with Crippen molar-refractivity contribution in [3.05, 3.63) is 38.3 Å². The molecular formula is C17H23N7O2S. The van der Waals surface area contributed by atoms with Crippen molar-refractivity contribution in [1.29, 1.82) is 0 Å². The Hall–Kier alpha value is -2.14. The zero-order valence-electron chi connectivity index (χ0n) is 15.5. The molecule has 27 heavy (non-hydrogen) atoms. The zero-order valence-corrected chi connectivity index (χ0v) is 16.3. The van der Waals surface area contributed by atoms with Crippen molar-refractivity contribution in [2.24, 2.45) is 5.73 Å². The Kier molecular flexibility index (Phi) is 5.04. The first-order valence-corrected chi connectivity index (χ1v) is 9.80. The molecule has 9 nitrogen and oxygen atoms in total. The van der Waals surface area contributed by atoms with E-state index in [0.29, 0.717) is 24.8 Å². The molecule has 1 aliphatic rings. The second kappa shape index (κ2) is 7.47. The van der Waals surface area contributed by atoms with Gasteiger partial charge >= 0.3 is 0 Å². The van der Waals surface area contributed by atoms with Crippen LogP contribution < -0.4 is 11.3 Å². The van der Waals surface area contributed by atoms with E-state index >= 15 is 0 Å². The van der Waals surface area contributed by atoms with Gasteiger partial charge in [-0.2, -0.15) is 4.98 Å². The Morgan fingerprint density at radius 3 is 2.52 bits per heavy atom. The summed E-state index contributed by atoms with van der Waals surface area (Å²) in [6, 6.07) is 0. The Morgan fingerprint density at radius 2 is 1.85 bits per heavy atom. The summed E-state index contributed by atoms with van der Waals surface area (Å²) in [7, 11) is 0. The summed E-state index contributed by atoms with van der Waals surface area (Å²) in [6.07, 6.45) is 0. The number of aromatic amines is 1. The third kappa shape index (κ3) is 3.79. The molecule has 4 rings (SSSR count). The lowest BCUT2D eigenvalue weighted by molar-refractivity contribution is 0.117. The first-order valence-electron chi connectivity index (χ1n) is 8.98. The highest BCUT2D eigenvalue weighted by molar-refractivity contribution is 7.18. The molecule has 0 radical (unpaired) electrons. The standard InChI is InChI=1S/C17H23N7O2S/c1-10-11(2)27-17-15(10)16(25)20-12(21-17)8-23-3-5-24(6-4-23)9-13-19-14(7-18)26-22-13/h3-9,18H2,1-2H3,(H,20,21,25). The summed E-state index contributed by atoms with van der Waals surface area (Å²) in [6.45, 7) is 9.16. The van der Waals surface area contributed by atoms with Gasteiger partial charge in [0.25, 0.3) is 5.56 Å². The number of nitrogens with zero attached hydrogens (tertiary/aromatic N) is 5. The van der Waals surface area contributed by atoms with Crippen molar-refractivity contribution in [2.75, 3.05) is 26.2 Å². The fraction of sp³-hybridized carbons (Fsp3) is 0.529. The van der Waals surface area contributed by atoms with E-state index in [1.807, 2.05) is 13.8 Å². The SMILES string of the molecule is Cc1sc2nc(CN3CCN(Cc4noc(CN)n4)CC3)[nH]c(=O)c2c1C. The molecule has 0 bridgehead atoms. The maximum atomic E-state index is 12.4. The molecule has 3 aromatic heterocycles. The molecule has 0 saturated carbocycles. The van der Waals surface area contributed by atoms with Gasteiger partial charge in [0.2, 0.25) is 5.89 Å². The quantitative estimate of drug-likeness (QED) is 0.657. The van der Waals surface area contributed by atoms with E-state index in [2.05, 4.69) is 29.9 Å². The van der Waals surface area contributed by atoms with Crippen molar-refractivity contribution in [3.63, 3.8) is 0 Å². The third-order valence-electron chi connectivity index (χ3n) is 4.98. The summed E-state index contributed by atoms with van der Waals surface area (Å²) in [5.41, 5.74) is 6.49. The molecule has 0 amide bonds.